The number of methoxy groups -OCH3 is 2. The van der Waals surface area contributed by atoms with Crippen molar-refractivity contribution in [1.29, 1.82) is 0 Å². The van der Waals surface area contributed by atoms with Gasteiger partial charge in [-0.25, -0.2) is 0 Å². The van der Waals surface area contributed by atoms with Gasteiger partial charge >= 0.3 is 0 Å². The Labute approximate surface area is 204 Å². The number of nitrogens with one attached hydrogen (secondary N) is 2. The highest BCUT2D eigenvalue weighted by molar-refractivity contribution is 6.01. The van der Waals surface area contributed by atoms with Crippen molar-refractivity contribution < 1.29 is 23.9 Å². The zero-order valence-corrected chi connectivity index (χ0v) is 20.7. The van der Waals surface area contributed by atoms with Crippen molar-refractivity contribution in [2.24, 2.45) is 0 Å². The first-order valence-corrected chi connectivity index (χ1v) is 11.9. The maximum atomic E-state index is 13.2. The minimum atomic E-state index is -1.10. The van der Waals surface area contributed by atoms with Crippen molar-refractivity contribution in [2.45, 2.75) is 63.7 Å². The Hall–Kier alpha value is -3.56. The number of ether oxygens (including phenoxy) is 2. The van der Waals surface area contributed by atoms with E-state index in [4.69, 9.17) is 9.47 Å². The SMILES string of the molecule is COc1ccc(OC)c(CNC(=O)c2cc3n(n2)CC(C)(C(=O)NC2CCCCC2)N(C)C3=O)c1. The monoisotopic (exact) mass is 483 g/mol. The predicted octanol–water partition coefficient (Wildman–Crippen LogP) is 2.12. The number of hydrogen-bond donors (Lipinski definition) is 2. The number of hydrogen-bond acceptors (Lipinski definition) is 6. The molecule has 1 aromatic heterocycles. The molecule has 188 valence electrons. The summed E-state index contributed by atoms with van der Waals surface area (Å²) in [6.45, 7) is 2.10. The average molecular weight is 484 g/mol. The molecule has 0 radical (unpaired) electrons. The summed E-state index contributed by atoms with van der Waals surface area (Å²) in [6.07, 6.45) is 5.29. The van der Waals surface area contributed by atoms with Gasteiger partial charge in [0.2, 0.25) is 5.91 Å². The third kappa shape index (κ3) is 4.82. The fourth-order valence-electron chi connectivity index (χ4n) is 4.71. The van der Waals surface area contributed by atoms with E-state index < -0.39 is 11.4 Å². The Bertz CT molecular complexity index is 1120. The molecule has 0 bridgehead atoms. The van der Waals surface area contributed by atoms with Crippen LogP contribution >= 0.6 is 0 Å². The number of benzene rings is 1. The Kier molecular flexibility index (Phi) is 7.00. The number of aromatic nitrogens is 2. The quantitative estimate of drug-likeness (QED) is 0.624. The molecule has 1 unspecified atom stereocenters. The molecule has 1 fully saturated rings. The third-order valence-electron chi connectivity index (χ3n) is 7.09. The van der Waals surface area contributed by atoms with Crippen LogP contribution in [0.1, 0.15) is 65.6 Å². The minimum absolute atomic E-state index is 0.112. The summed E-state index contributed by atoms with van der Waals surface area (Å²) in [5.74, 6) is 0.287. The summed E-state index contributed by atoms with van der Waals surface area (Å²) in [6, 6.07) is 6.92. The first-order valence-electron chi connectivity index (χ1n) is 11.9. The number of rotatable bonds is 7. The van der Waals surface area contributed by atoms with E-state index in [0.717, 1.165) is 31.2 Å². The van der Waals surface area contributed by atoms with Crippen molar-refractivity contribution in [2.75, 3.05) is 21.3 Å². The lowest BCUT2D eigenvalue weighted by Crippen LogP contribution is -2.63. The van der Waals surface area contributed by atoms with Crippen molar-refractivity contribution in [3.8, 4) is 11.5 Å². The van der Waals surface area contributed by atoms with Gasteiger partial charge in [-0.05, 0) is 38.0 Å². The van der Waals surface area contributed by atoms with Gasteiger partial charge in [0, 0.05) is 31.3 Å². The third-order valence-corrected chi connectivity index (χ3v) is 7.09. The van der Waals surface area contributed by atoms with Crippen LogP contribution < -0.4 is 20.1 Å². The molecule has 3 amide bonds. The molecule has 10 heteroatoms. The Morgan fingerprint density at radius 3 is 2.57 bits per heavy atom. The van der Waals surface area contributed by atoms with E-state index in [-0.39, 0.29) is 42.3 Å². The van der Waals surface area contributed by atoms with Crippen molar-refractivity contribution in [3.63, 3.8) is 0 Å². The molecule has 0 spiro atoms. The summed E-state index contributed by atoms with van der Waals surface area (Å²) in [4.78, 5) is 40.7. The molecule has 35 heavy (non-hydrogen) atoms. The van der Waals surface area contributed by atoms with Gasteiger partial charge in [0.15, 0.2) is 5.69 Å². The van der Waals surface area contributed by atoms with E-state index in [1.807, 2.05) is 0 Å². The zero-order chi connectivity index (χ0) is 25.2. The van der Waals surface area contributed by atoms with Gasteiger partial charge in [-0.1, -0.05) is 19.3 Å². The molecule has 1 saturated carbocycles. The van der Waals surface area contributed by atoms with Crippen LogP contribution in [0.25, 0.3) is 0 Å². The van der Waals surface area contributed by atoms with E-state index in [0.29, 0.717) is 11.5 Å². The summed E-state index contributed by atoms with van der Waals surface area (Å²) >= 11 is 0. The number of carbonyl (C=O) groups excluding carboxylic acids is 3. The average Bonchev–Trinajstić information content (AvgIpc) is 3.30. The minimum Gasteiger partial charge on any atom is -0.497 e. The molecule has 2 heterocycles. The topological polar surface area (TPSA) is 115 Å². The Balaban J connectivity index is 1.48. The van der Waals surface area contributed by atoms with E-state index in [2.05, 4.69) is 15.7 Å². The second kappa shape index (κ2) is 9.97. The van der Waals surface area contributed by atoms with Crippen LogP contribution in [-0.4, -0.2) is 65.2 Å². The highest BCUT2D eigenvalue weighted by Gasteiger charge is 2.46. The van der Waals surface area contributed by atoms with Gasteiger partial charge in [-0.2, -0.15) is 5.10 Å². The van der Waals surface area contributed by atoms with E-state index in [1.54, 1.807) is 46.4 Å². The van der Waals surface area contributed by atoms with E-state index in [9.17, 15) is 14.4 Å². The van der Waals surface area contributed by atoms with Crippen LogP contribution in [-0.2, 0) is 17.9 Å². The molecular formula is C25H33N5O5. The number of carbonyl (C=O) groups is 3. The first-order chi connectivity index (χ1) is 16.8. The van der Waals surface area contributed by atoms with Gasteiger partial charge in [0.05, 0.1) is 20.8 Å². The summed E-state index contributed by atoms with van der Waals surface area (Å²) < 4.78 is 12.1. The number of nitrogens with zero attached hydrogens (tertiary/aromatic N) is 3. The van der Waals surface area contributed by atoms with E-state index >= 15 is 0 Å². The normalized spacial score (nSPS) is 20.2. The second-order valence-corrected chi connectivity index (χ2v) is 9.38. The molecule has 2 N–H and O–H groups in total. The van der Waals surface area contributed by atoms with Crippen molar-refractivity contribution in [3.05, 3.63) is 41.2 Å². The van der Waals surface area contributed by atoms with Gasteiger partial charge in [-0.3, -0.25) is 19.1 Å². The fraction of sp³-hybridized carbons (Fsp3) is 0.520. The van der Waals surface area contributed by atoms with Crippen molar-refractivity contribution >= 4 is 17.7 Å². The molecule has 1 aromatic carbocycles. The molecule has 10 nitrogen and oxygen atoms in total. The second-order valence-electron chi connectivity index (χ2n) is 9.38. The Morgan fingerprint density at radius 2 is 1.89 bits per heavy atom. The molecule has 2 aromatic rings. The number of amides is 3. The van der Waals surface area contributed by atoms with Gasteiger partial charge in [0.1, 0.15) is 22.7 Å². The largest absolute Gasteiger partial charge is 0.497 e. The molecule has 0 saturated heterocycles. The predicted molar refractivity (Wildman–Crippen MR) is 128 cm³/mol. The molecule has 1 atom stereocenters. The van der Waals surface area contributed by atoms with Crippen LogP contribution in [0.3, 0.4) is 0 Å². The lowest BCUT2D eigenvalue weighted by Gasteiger charge is -2.41. The lowest BCUT2D eigenvalue weighted by molar-refractivity contribution is -0.133. The van der Waals surface area contributed by atoms with Gasteiger partial charge in [0.25, 0.3) is 11.8 Å². The highest BCUT2D eigenvalue weighted by atomic mass is 16.5. The molecular weight excluding hydrogens is 450 g/mol. The molecule has 1 aliphatic carbocycles. The van der Waals surface area contributed by atoms with Crippen LogP contribution in [0.2, 0.25) is 0 Å². The standard InChI is InChI=1S/C25H33N5O5/c1-25(24(33)27-17-8-6-5-7-9-17)15-30-20(23(32)29(25)2)13-19(28-30)22(31)26-14-16-12-18(34-3)10-11-21(16)35-4/h10-13,17H,5-9,14-15H2,1-4H3,(H,26,31)(H,27,33). The molecule has 4 rings (SSSR count). The van der Waals surface area contributed by atoms with Crippen LogP contribution in [0.15, 0.2) is 24.3 Å². The highest BCUT2D eigenvalue weighted by Crippen LogP contribution is 2.28. The maximum absolute atomic E-state index is 13.2. The van der Waals surface area contributed by atoms with Gasteiger partial charge < -0.3 is 25.0 Å². The summed E-state index contributed by atoms with van der Waals surface area (Å²) in [5, 5.41) is 10.3. The maximum Gasteiger partial charge on any atom is 0.272 e. The van der Waals surface area contributed by atoms with E-state index in [1.165, 1.54) is 22.1 Å². The van der Waals surface area contributed by atoms with Crippen LogP contribution in [0.4, 0.5) is 0 Å². The van der Waals surface area contributed by atoms with Crippen LogP contribution in [0.5, 0.6) is 11.5 Å². The van der Waals surface area contributed by atoms with Crippen LogP contribution in [0, 0.1) is 0 Å². The fourth-order valence-corrected chi connectivity index (χ4v) is 4.71. The van der Waals surface area contributed by atoms with Gasteiger partial charge in [-0.15, -0.1) is 0 Å². The lowest BCUT2D eigenvalue weighted by atomic mass is 9.92. The summed E-state index contributed by atoms with van der Waals surface area (Å²) in [5.41, 5.74) is 0.0296. The number of likely N-dealkylation sites (N-methyl/N-ethyl adjacent to an activating group) is 1. The first kappa shape index (κ1) is 24.6. The van der Waals surface area contributed by atoms with Crippen molar-refractivity contribution in [1.82, 2.24) is 25.3 Å². The summed E-state index contributed by atoms with van der Waals surface area (Å²) in [7, 11) is 4.74. The zero-order valence-electron chi connectivity index (χ0n) is 20.7. The smallest absolute Gasteiger partial charge is 0.272 e. The molecule has 1 aliphatic heterocycles. The Morgan fingerprint density at radius 1 is 1.14 bits per heavy atom. The molecule has 2 aliphatic rings. The number of fused-ring (bicyclic) bond motifs is 1.